The van der Waals surface area contributed by atoms with E-state index in [1.807, 2.05) is 31.3 Å². The molecule has 0 aliphatic carbocycles. The van der Waals surface area contributed by atoms with Gasteiger partial charge in [-0.15, -0.1) is 0 Å². The fraction of sp³-hybridized carbons (Fsp3) is 0.462. The van der Waals surface area contributed by atoms with Crippen LogP contribution in [0.2, 0.25) is 0 Å². The van der Waals surface area contributed by atoms with E-state index in [0.29, 0.717) is 6.54 Å². The zero-order valence-electron chi connectivity index (χ0n) is 10.4. The van der Waals surface area contributed by atoms with Crippen LogP contribution in [-0.4, -0.2) is 30.9 Å². The number of nitrogens with zero attached hydrogens (tertiary/aromatic N) is 1. The van der Waals surface area contributed by atoms with Crippen molar-refractivity contribution in [3.8, 4) is 0 Å². The smallest absolute Gasteiger partial charge is 0.241 e. The number of likely N-dealkylation sites (N-methyl/N-ethyl adjacent to an activating group) is 1. The summed E-state index contributed by atoms with van der Waals surface area (Å²) in [6.45, 7) is 3.30. The van der Waals surface area contributed by atoms with Crippen LogP contribution in [-0.2, 0) is 4.79 Å². The van der Waals surface area contributed by atoms with Crippen LogP contribution < -0.4 is 5.32 Å². The van der Waals surface area contributed by atoms with Crippen LogP contribution in [0, 0.1) is 0 Å². The van der Waals surface area contributed by atoms with Gasteiger partial charge in [-0.1, -0.05) is 35.3 Å². The quantitative estimate of drug-likeness (QED) is 0.875. The van der Waals surface area contributed by atoms with Gasteiger partial charge in [0, 0.05) is 23.8 Å². The number of benzene rings is 1. The van der Waals surface area contributed by atoms with Gasteiger partial charge in [-0.25, -0.2) is 0 Å². The topological polar surface area (TPSA) is 32.3 Å². The largest absolute Gasteiger partial charge is 0.376 e. The van der Waals surface area contributed by atoms with Gasteiger partial charge in [-0.05, 0) is 24.6 Å². The van der Waals surface area contributed by atoms with E-state index in [9.17, 15) is 4.79 Å². The molecule has 17 heavy (non-hydrogen) atoms. The highest BCUT2D eigenvalue weighted by Crippen LogP contribution is 2.15. The van der Waals surface area contributed by atoms with E-state index in [1.54, 1.807) is 4.90 Å². The number of hydrogen-bond donors (Lipinski definition) is 1. The third kappa shape index (κ3) is 5.22. The van der Waals surface area contributed by atoms with E-state index in [1.165, 1.54) is 0 Å². The summed E-state index contributed by atoms with van der Waals surface area (Å²) in [7, 11) is 1.85. The van der Waals surface area contributed by atoms with Crippen LogP contribution in [0.3, 0.4) is 0 Å². The average molecular weight is 299 g/mol. The van der Waals surface area contributed by atoms with Gasteiger partial charge in [0.25, 0.3) is 0 Å². The molecule has 0 fully saturated rings. The second kappa shape index (κ2) is 7.33. The van der Waals surface area contributed by atoms with Crippen LogP contribution in [0.5, 0.6) is 0 Å². The van der Waals surface area contributed by atoms with Crippen LogP contribution in [0.1, 0.15) is 19.8 Å². The Hall–Kier alpha value is -1.03. The summed E-state index contributed by atoms with van der Waals surface area (Å²) in [5, 5.41) is 3.12. The monoisotopic (exact) mass is 298 g/mol. The number of halogens is 1. The van der Waals surface area contributed by atoms with Crippen molar-refractivity contribution in [3.63, 3.8) is 0 Å². The minimum absolute atomic E-state index is 0.124. The summed E-state index contributed by atoms with van der Waals surface area (Å²) in [6, 6.07) is 7.81. The SMILES string of the molecule is CCCCN(C)C(=O)CNc1cccc(Br)c1. The molecule has 0 radical (unpaired) electrons. The Bertz CT molecular complexity index is 368. The first kappa shape index (κ1) is 14.0. The van der Waals surface area contributed by atoms with Crippen LogP contribution >= 0.6 is 15.9 Å². The molecule has 0 aromatic heterocycles. The average Bonchev–Trinajstić information content (AvgIpc) is 2.33. The molecule has 1 N–H and O–H groups in total. The Kier molecular flexibility index (Phi) is 6.05. The van der Waals surface area contributed by atoms with E-state index >= 15 is 0 Å². The molecule has 1 aromatic carbocycles. The van der Waals surface area contributed by atoms with Crippen molar-refractivity contribution in [3.05, 3.63) is 28.7 Å². The lowest BCUT2D eigenvalue weighted by atomic mass is 10.3. The van der Waals surface area contributed by atoms with E-state index < -0.39 is 0 Å². The van der Waals surface area contributed by atoms with Gasteiger partial charge in [-0.3, -0.25) is 4.79 Å². The van der Waals surface area contributed by atoms with Crippen molar-refractivity contribution in [2.75, 3.05) is 25.5 Å². The van der Waals surface area contributed by atoms with Gasteiger partial charge in [0.2, 0.25) is 5.91 Å². The number of carbonyl (C=O) groups is 1. The van der Waals surface area contributed by atoms with E-state index in [-0.39, 0.29) is 5.91 Å². The molecule has 0 bridgehead atoms. The van der Waals surface area contributed by atoms with Crippen LogP contribution in [0.15, 0.2) is 28.7 Å². The summed E-state index contributed by atoms with van der Waals surface area (Å²) < 4.78 is 1.01. The van der Waals surface area contributed by atoms with Crippen molar-refractivity contribution in [2.45, 2.75) is 19.8 Å². The van der Waals surface area contributed by atoms with E-state index in [0.717, 1.165) is 29.5 Å². The van der Waals surface area contributed by atoms with Crippen molar-refractivity contribution < 1.29 is 4.79 Å². The van der Waals surface area contributed by atoms with Crippen molar-refractivity contribution >= 4 is 27.5 Å². The Balaban J connectivity index is 2.37. The van der Waals surface area contributed by atoms with Crippen molar-refractivity contribution in [1.29, 1.82) is 0 Å². The molecule has 1 aromatic rings. The summed E-state index contributed by atoms with van der Waals surface area (Å²) in [4.78, 5) is 13.5. The molecule has 0 aliphatic heterocycles. The molecular weight excluding hydrogens is 280 g/mol. The highest BCUT2D eigenvalue weighted by atomic mass is 79.9. The highest BCUT2D eigenvalue weighted by molar-refractivity contribution is 9.10. The van der Waals surface area contributed by atoms with Crippen molar-refractivity contribution in [1.82, 2.24) is 4.90 Å². The minimum atomic E-state index is 0.124. The fourth-order valence-corrected chi connectivity index (χ4v) is 1.83. The molecule has 0 saturated heterocycles. The molecule has 4 heteroatoms. The van der Waals surface area contributed by atoms with Crippen LogP contribution in [0.25, 0.3) is 0 Å². The number of nitrogens with one attached hydrogen (secondary N) is 1. The lowest BCUT2D eigenvalue weighted by molar-refractivity contribution is -0.128. The van der Waals surface area contributed by atoms with Gasteiger partial charge in [0.15, 0.2) is 0 Å². The lowest BCUT2D eigenvalue weighted by Crippen LogP contribution is -2.32. The first-order valence-electron chi connectivity index (χ1n) is 5.87. The third-order valence-corrected chi connectivity index (χ3v) is 3.03. The van der Waals surface area contributed by atoms with Gasteiger partial charge < -0.3 is 10.2 Å². The molecule has 0 saturated carbocycles. The number of anilines is 1. The van der Waals surface area contributed by atoms with E-state index in [4.69, 9.17) is 0 Å². The Labute approximate surface area is 111 Å². The van der Waals surface area contributed by atoms with Gasteiger partial charge in [0.1, 0.15) is 0 Å². The number of amides is 1. The highest BCUT2D eigenvalue weighted by Gasteiger charge is 2.07. The molecule has 0 unspecified atom stereocenters. The summed E-state index contributed by atoms with van der Waals surface area (Å²) in [6.07, 6.45) is 2.16. The first-order valence-corrected chi connectivity index (χ1v) is 6.66. The molecule has 0 atom stereocenters. The molecule has 0 heterocycles. The molecule has 0 spiro atoms. The zero-order valence-corrected chi connectivity index (χ0v) is 12.0. The minimum Gasteiger partial charge on any atom is -0.376 e. The molecule has 94 valence electrons. The van der Waals surface area contributed by atoms with Gasteiger partial charge in [0.05, 0.1) is 6.54 Å². The predicted molar refractivity (Wildman–Crippen MR) is 75.2 cm³/mol. The first-order chi connectivity index (χ1) is 8.13. The Morgan fingerprint density at radius 1 is 1.47 bits per heavy atom. The summed E-state index contributed by atoms with van der Waals surface area (Å²) in [5.41, 5.74) is 0.955. The summed E-state index contributed by atoms with van der Waals surface area (Å²) >= 11 is 3.40. The number of hydrogen-bond acceptors (Lipinski definition) is 2. The zero-order chi connectivity index (χ0) is 12.7. The second-order valence-electron chi connectivity index (χ2n) is 4.03. The number of carbonyl (C=O) groups excluding carboxylic acids is 1. The number of unbranched alkanes of at least 4 members (excludes halogenated alkanes) is 1. The Morgan fingerprint density at radius 3 is 2.88 bits per heavy atom. The summed E-state index contributed by atoms with van der Waals surface area (Å²) in [5.74, 6) is 0.124. The van der Waals surface area contributed by atoms with Crippen LogP contribution in [0.4, 0.5) is 5.69 Å². The fourth-order valence-electron chi connectivity index (χ4n) is 1.43. The molecule has 1 rings (SSSR count). The maximum Gasteiger partial charge on any atom is 0.241 e. The second-order valence-corrected chi connectivity index (χ2v) is 4.95. The standard InChI is InChI=1S/C13H19BrN2O/c1-3-4-8-16(2)13(17)10-15-12-7-5-6-11(14)9-12/h5-7,9,15H,3-4,8,10H2,1-2H3. The number of rotatable bonds is 6. The normalized spacial score (nSPS) is 10.1. The van der Waals surface area contributed by atoms with Gasteiger partial charge >= 0.3 is 0 Å². The van der Waals surface area contributed by atoms with Crippen molar-refractivity contribution in [2.24, 2.45) is 0 Å². The molecule has 3 nitrogen and oxygen atoms in total. The maximum atomic E-state index is 11.8. The Morgan fingerprint density at radius 2 is 2.24 bits per heavy atom. The maximum absolute atomic E-state index is 11.8. The molecule has 0 aliphatic rings. The van der Waals surface area contributed by atoms with Gasteiger partial charge in [-0.2, -0.15) is 0 Å². The van der Waals surface area contributed by atoms with E-state index in [2.05, 4.69) is 28.2 Å². The molecule has 1 amide bonds. The predicted octanol–water partition coefficient (Wildman–Crippen LogP) is 3.12. The third-order valence-electron chi connectivity index (χ3n) is 2.54. The molecular formula is C13H19BrN2O. The lowest BCUT2D eigenvalue weighted by Gasteiger charge is -2.17.